The molecule has 0 saturated carbocycles. The number of carbonyl (C=O) groups excluding carboxylic acids is 3. The molecule has 0 aromatic rings. The maximum absolute atomic E-state index is 11.8. The van der Waals surface area contributed by atoms with E-state index >= 15 is 0 Å². The number of barbiturate groups is 1. The van der Waals surface area contributed by atoms with E-state index in [0.29, 0.717) is 18.4 Å². The molecule has 3 saturated heterocycles. The summed E-state index contributed by atoms with van der Waals surface area (Å²) in [6, 6.07) is -0.185. The molecule has 0 bridgehead atoms. The summed E-state index contributed by atoms with van der Waals surface area (Å²) in [5, 5.41) is 4.40. The lowest BCUT2D eigenvalue weighted by Crippen LogP contribution is -2.57. The first-order valence-electron chi connectivity index (χ1n) is 7.55. The van der Waals surface area contributed by atoms with Gasteiger partial charge in [0.1, 0.15) is 5.92 Å². The maximum Gasteiger partial charge on any atom is 0.328 e. The number of rotatable bonds is 2. The van der Waals surface area contributed by atoms with Crippen molar-refractivity contribution in [3.63, 3.8) is 0 Å². The normalized spacial score (nSPS) is 32.5. The molecule has 0 radical (unpaired) electrons. The number of nitrogens with zero attached hydrogens (tertiary/aromatic N) is 1. The molecular weight excluding hydrogens is 258 g/mol. The maximum atomic E-state index is 11.8. The molecule has 2 atom stereocenters. The van der Waals surface area contributed by atoms with Crippen molar-refractivity contribution in [3.8, 4) is 0 Å². The van der Waals surface area contributed by atoms with Gasteiger partial charge in [0, 0.05) is 6.04 Å². The van der Waals surface area contributed by atoms with Crippen LogP contribution in [-0.2, 0) is 9.59 Å². The Labute approximate surface area is 118 Å². The first-order chi connectivity index (χ1) is 9.65. The zero-order chi connectivity index (χ0) is 14.1. The molecule has 4 amide bonds. The Morgan fingerprint density at radius 2 is 1.65 bits per heavy atom. The molecule has 0 spiro atoms. The fraction of sp³-hybridized carbons (Fsp3) is 0.786. The van der Waals surface area contributed by atoms with Crippen LogP contribution in [-0.4, -0.2) is 41.9 Å². The highest BCUT2D eigenvalue weighted by Crippen LogP contribution is 2.34. The van der Waals surface area contributed by atoms with E-state index in [0.717, 1.165) is 25.9 Å². The van der Waals surface area contributed by atoms with E-state index in [1.807, 2.05) is 0 Å². The molecule has 0 aromatic carbocycles. The van der Waals surface area contributed by atoms with Crippen LogP contribution in [0.2, 0.25) is 0 Å². The number of urea groups is 1. The smallest absolute Gasteiger partial charge is 0.300 e. The van der Waals surface area contributed by atoms with Gasteiger partial charge in [-0.1, -0.05) is 6.42 Å². The van der Waals surface area contributed by atoms with E-state index in [1.54, 1.807) is 0 Å². The summed E-state index contributed by atoms with van der Waals surface area (Å²) in [6.45, 7) is 2.28. The highest BCUT2D eigenvalue weighted by atomic mass is 16.2. The molecule has 3 fully saturated rings. The molecule has 3 aliphatic heterocycles. The van der Waals surface area contributed by atoms with E-state index in [1.165, 1.54) is 19.3 Å². The molecule has 6 nitrogen and oxygen atoms in total. The number of amides is 4. The summed E-state index contributed by atoms with van der Waals surface area (Å²) in [4.78, 5) is 37.3. The second-order valence-corrected chi connectivity index (χ2v) is 6.10. The minimum Gasteiger partial charge on any atom is -0.300 e. The molecular formula is C14H21N3O3. The Balaban J connectivity index is 1.68. The van der Waals surface area contributed by atoms with Crippen LogP contribution in [0, 0.1) is 11.8 Å². The van der Waals surface area contributed by atoms with Crippen LogP contribution in [0.25, 0.3) is 0 Å². The summed E-state index contributed by atoms with van der Waals surface area (Å²) in [5.74, 6) is -1.20. The molecule has 110 valence electrons. The molecule has 3 rings (SSSR count). The third-order valence-corrected chi connectivity index (χ3v) is 4.87. The average molecular weight is 279 g/mol. The van der Waals surface area contributed by atoms with Crippen molar-refractivity contribution in [3.05, 3.63) is 0 Å². The lowest BCUT2D eigenvalue weighted by atomic mass is 9.78. The Morgan fingerprint density at radius 1 is 0.950 bits per heavy atom. The molecule has 20 heavy (non-hydrogen) atoms. The van der Waals surface area contributed by atoms with Gasteiger partial charge < -0.3 is 4.90 Å². The number of hydrogen-bond donors (Lipinski definition) is 2. The van der Waals surface area contributed by atoms with Crippen molar-refractivity contribution in [2.45, 2.75) is 44.6 Å². The van der Waals surface area contributed by atoms with Crippen molar-refractivity contribution in [2.24, 2.45) is 11.8 Å². The Bertz CT molecular complexity index is 415. The Hall–Kier alpha value is -1.43. The quantitative estimate of drug-likeness (QED) is 0.726. The topological polar surface area (TPSA) is 78.5 Å². The fourth-order valence-corrected chi connectivity index (χ4v) is 3.92. The zero-order valence-corrected chi connectivity index (χ0v) is 11.6. The van der Waals surface area contributed by atoms with Crippen molar-refractivity contribution in [1.82, 2.24) is 15.5 Å². The number of nitrogens with one attached hydrogen (secondary N) is 2. The van der Waals surface area contributed by atoms with Crippen molar-refractivity contribution in [1.29, 1.82) is 0 Å². The SMILES string of the molecule is O=C1NC(=O)C(C[C@@H]2CCCN3CCCC[C@H]23)C(=O)N1. The van der Waals surface area contributed by atoms with E-state index in [9.17, 15) is 14.4 Å². The lowest BCUT2D eigenvalue weighted by molar-refractivity contribution is -0.137. The van der Waals surface area contributed by atoms with E-state index in [4.69, 9.17) is 0 Å². The Morgan fingerprint density at radius 3 is 2.40 bits per heavy atom. The molecule has 0 aliphatic carbocycles. The van der Waals surface area contributed by atoms with Gasteiger partial charge in [0.2, 0.25) is 11.8 Å². The van der Waals surface area contributed by atoms with Gasteiger partial charge in [-0.15, -0.1) is 0 Å². The number of carbonyl (C=O) groups is 3. The molecule has 0 unspecified atom stereocenters. The minimum atomic E-state index is -0.709. The van der Waals surface area contributed by atoms with Crippen molar-refractivity contribution in [2.75, 3.05) is 13.1 Å². The lowest BCUT2D eigenvalue weighted by Gasteiger charge is -2.45. The molecule has 0 aromatic heterocycles. The summed E-state index contributed by atoms with van der Waals surface area (Å²) in [5.41, 5.74) is 0. The first kappa shape index (κ1) is 13.5. The van der Waals surface area contributed by atoms with Gasteiger partial charge in [-0.05, 0) is 51.1 Å². The summed E-state index contributed by atoms with van der Waals surface area (Å²) in [6.07, 6.45) is 6.43. The zero-order valence-electron chi connectivity index (χ0n) is 11.6. The molecule has 2 N–H and O–H groups in total. The van der Waals surface area contributed by atoms with Crippen LogP contribution in [0.4, 0.5) is 4.79 Å². The van der Waals surface area contributed by atoms with Crippen LogP contribution >= 0.6 is 0 Å². The van der Waals surface area contributed by atoms with E-state index in [-0.39, 0.29) is 0 Å². The number of imide groups is 2. The molecule has 6 heteroatoms. The van der Waals surface area contributed by atoms with Crippen molar-refractivity contribution >= 4 is 17.8 Å². The third kappa shape index (κ3) is 2.57. The minimum absolute atomic E-state index is 0.388. The molecule has 3 aliphatic rings. The van der Waals surface area contributed by atoms with Crippen LogP contribution in [0.15, 0.2) is 0 Å². The average Bonchev–Trinajstić information content (AvgIpc) is 2.43. The predicted molar refractivity (Wildman–Crippen MR) is 71.7 cm³/mol. The summed E-state index contributed by atoms with van der Waals surface area (Å²) < 4.78 is 0. The number of fused-ring (bicyclic) bond motifs is 1. The largest absolute Gasteiger partial charge is 0.328 e. The monoisotopic (exact) mass is 279 g/mol. The second-order valence-electron chi connectivity index (χ2n) is 6.10. The first-order valence-corrected chi connectivity index (χ1v) is 7.55. The van der Waals surface area contributed by atoms with Gasteiger partial charge in [0.05, 0.1) is 0 Å². The standard InChI is InChI=1S/C14H21N3O3/c18-12-10(13(19)16-14(20)15-12)8-9-4-3-7-17-6-2-1-5-11(9)17/h9-11H,1-8H2,(H2,15,16,18,19,20)/t9-,11+/m0/s1. The van der Waals surface area contributed by atoms with Crippen LogP contribution < -0.4 is 10.6 Å². The number of piperidine rings is 2. The van der Waals surface area contributed by atoms with E-state index in [2.05, 4.69) is 15.5 Å². The highest BCUT2D eigenvalue weighted by Gasteiger charge is 2.40. The summed E-state index contributed by atoms with van der Waals surface area (Å²) >= 11 is 0. The van der Waals surface area contributed by atoms with Gasteiger partial charge in [0.15, 0.2) is 0 Å². The van der Waals surface area contributed by atoms with Gasteiger partial charge in [0.25, 0.3) is 0 Å². The van der Waals surface area contributed by atoms with Gasteiger partial charge in [-0.2, -0.15) is 0 Å². The number of hydrogen-bond acceptors (Lipinski definition) is 4. The predicted octanol–water partition coefficient (Wildman–Crippen LogP) is 0.623. The third-order valence-electron chi connectivity index (χ3n) is 4.87. The highest BCUT2D eigenvalue weighted by molar-refractivity contribution is 6.16. The van der Waals surface area contributed by atoms with Gasteiger partial charge >= 0.3 is 6.03 Å². The van der Waals surface area contributed by atoms with Gasteiger partial charge in [-0.25, -0.2) is 4.79 Å². The Kier molecular flexibility index (Phi) is 3.74. The summed E-state index contributed by atoms with van der Waals surface area (Å²) in [7, 11) is 0. The fourth-order valence-electron chi connectivity index (χ4n) is 3.92. The van der Waals surface area contributed by atoms with Crippen molar-refractivity contribution < 1.29 is 14.4 Å². The van der Waals surface area contributed by atoms with Crippen LogP contribution in [0.3, 0.4) is 0 Å². The second kappa shape index (κ2) is 5.52. The van der Waals surface area contributed by atoms with Crippen LogP contribution in [0.1, 0.15) is 38.5 Å². The van der Waals surface area contributed by atoms with Gasteiger partial charge in [-0.3, -0.25) is 20.2 Å². The van der Waals surface area contributed by atoms with E-state index < -0.39 is 23.8 Å². The molecule has 3 heterocycles. The van der Waals surface area contributed by atoms with Crippen LogP contribution in [0.5, 0.6) is 0 Å².